The molecule has 1 amide bonds. The molecule has 352 valence electrons. The van der Waals surface area contributed by atoms with E-state index in [1.165, 1.54) is 55.4 Å². The number of amides is 1. The van der Waals surface area contributed by atoms with Gasteiger partial charge in [0, 0.05) is 39.1 Å². The molecule has 0 saturated heterocycles. The summed E-state index contributed by atoms with van der Waals surface area (Å²) in [7, 11) is 0. The number of rotatable bonds is 27. The van der Waals surface area contributed by atoms with Gasteiger partial charge in [0.25, 0.3) is 0 Å². The largest absolute Gasteiger partial charge is 0.480 e. The van der Waals surface area contributed by atoms with Gasteiger partial charge in [-0.3, -0.25) is 38.7 Å². The first-order valence-electron chi connectivity index (χ1n) is 23.2. The van der Waals surface area contributed by atoms with E-state index in [1.807, 2.05) is 0 Å². The van der Waals surface area contributed by atoms with Crippen LogP contribution in [0.2, 0.25) is 0 Å². The number of carboxylic acids is 5. The molecule has 0 aliphatic heterocycles. The molecule has 0 spiro atoms. The van der Waals surface area contributed by atoms with Crippen molar-refractivity contribution in [3.8, 4) is 0 Å². The fourth-order valence-electron chi connectivity index (χ4n) is 12.2. The smallest absolute Gasteiger partial charge is 0.407 e. The highest BCUT2D eigenvalue weighted by atomic mass is 16.6. The fourth-order valence-corrected chi connectivity index (χ4v) is 12.2. The van der Waals surface area contributed by atoms with Crippen LogP contribution in [-0.2, 0) is 28.7 Å². The first-order chi connectivity index (χ1) is 29.2. The molecule has 3 fully saturated rings. The SMILES string of the molecule is CC(C)CCC[C@H](C)[C@H]1CC[C@H]2[C@@H]3CC=C4C[C@@H](OC(=O)NCCCC[C@@H](C(=O)O)N(CCN(CC(=O)O)CC(=O)O)CCN(CC(=O)O)CC(=O)O)CC[C@]4(C)[C@H]3CC[C@]12C. The van der Waals surface area contributed by atoms with Crippen molar-refractivity contribution in [1.82, 2.24) is 20.0 Å². The second-order valence-electron chi connectivity index (χ2n) is 19.9. The quantitative estimate of drug-likeness (QED) is 0.0411. The topological polar surface area (TPSA) is 235 Å². The second kappa shape index (κ2) is 23.3. The normalized spacial score (nSPS) is 27.8. The van der Waals surface area contributed by atoms with Gasteiger partial charge in [0.05, 0.1) is 26.2 Å². The summed E-state index contributed by atoms with van der Waals surface area (Å²) in [6.45, 7) is 9.71. The fraction of sp³-hybridized carbons (Fsp3) is 0.826. The van der Waals surface area contributed by atoms with Gasteiger partial charge in [-0.2, -0.15) is 0 Å². The molecule has 0 heterocycles. The summed E-state index contributed by atoms with van der Waals surface area (Å²) in [4.78, 5) is 74.8. The number of carboxylic acid groups (broad SMARTS) is 5. The first kappa shape index (κ1) is 50.9. The van der Waals surface area contributed by atoms with E-state index in [4.69, 9.17) is 4.74 Å². The Morgan fingerprint density at radius 1 is 0.726 bits per heavy atom. The monoisotopic (exact) mass is 877 g/mol. The van der Waals surface area contributed by atoms with Crippen LogP contribution in [0, 0.1) is 46.3 Å². The average molecular weight is 877 g/mol. The third-order valence-corrected chi connectivity index (χ3v) is 15.3. The standard InChI is InChI=1S/C46H76N4O12/c1-30(2)9-8-10-31(3)35-14-15-36-34-13-12-32-25-33(16-18-45(32,4)37(34)17-19-46(35,36)5)62-44(61)47-20-7-6-11-38(43(59)60)50(23-21-48(26-39(51)52)27-40(53)54)24-22-49(28-41(55)56)29-42(57)58/h12,30-31,33-38H,6-11,13-29H2,1-5H3,(H,47,61)(H,51,52)(H,53,54)(H,55,56)(H,57,58)(H,59,60)/t31-,33-,34-,35+,36-,37-,38-,45-,46+/m0/s1. The van der Waals surface area contributed by atoms with Crippen LogP contribution in [0.25, 0.3) is 0 Å². The van der Waals surface area contributed by atoms with Crippen LogP contribution < -0.4 is 5.32 Å². The number of carbonyl (C=O) groups is 6. The second-order valence-corrected chi connectivity index (χ2v) is 19.9. The molecular formula is C46H76N4O12. The van der Waals surface area contributed by atoms with Crippen LogP contribution in [0.15, 0.2) is 11.6 Å². The molecule has 4 aliphatic carbocycles. The summed E-state index contributed by atoms with van der Waals surface area (Å²) in [5.74, 6) is -1.74. The highest BCUT2D eigenvalue weighted by molar-refractivity contribution is 5.74. The summed E-state index contributed by atoms with van der Waals surface area (Å²) in [6.07, 6.45) is 15.6. The molecular weight excluding hydrogens is 801 g/mol. The van der Waals surface area contributed by atoms with Gasteiger partial charge < -0.3 is 35.6 Å². The van der Waals surface area contributed by atoms with Gasteiger partial charge in [-0.25, -0.2) is 4.79 Å². The number of hydrogen-bond donors (Lipinski definition) is 6. The molecule has 16 heteroatoms. The van der Waals surface area contributed by atoms with Crippen LogP contribution in [-0.4, -0.2) is 147 Å². The van der Waals surface area contributed by atoms with Crippen molar-refractivity contribution in [3.63, 3.8) is 0 Å². The van der Waals surface area contributed by atoms with E-state index in [2.05, 4.69) is 46.0 Å². The van der Waals surface area contributed by atoms with E-state index in [0.29, 0.717) is 24.2 Å². The minimum absolute atomic E-state index is 0.0766. The molecule has 0 bridgehead atoms. The molecule has 62 heavy (non-hydrogen) atoms. The van der Waals surface area contributed by atoms with Crippen LogP contribution in [0.5, 0.6) is 0 Å². The van der Waals surface area contributed by atoms with Crippen molar-refractivity contribution in [2.45, 2.75) is 137 Å². The number of nitrogens with zero attached hydrogens (tertiary/aromatic N) is 3. The van der Waals surface area contributed by atoms with Crippen LogP contribution in [0.4, 0.5) is 4.79 Å². The molecule has 9 atom stereocenters. The van der Waals surface area contributed by atoms with Gasteiger partial charge in [-0.05, 0) is 111 Å². The predicted octanol–water partition coefficient (Wildman–Crippen LogP) is 5.99. The zero-order valence-electron chi connectivity index (χ0n) is 37.9. The molecule has 6 N–H and O–H groups in total. The molecule has 0 radical (unpaired) electrons. The van der Waals surface area contributed by atoms with Gasteiger partial charge in [0.15, 0.2) is 0 Å². The number of allylic oxidation sites excluding steroid dienone is 1. The number of carbonyl (C=O) groups excluding carboxylic acids is 1. The molecule has 4 rings (SSSR count). The molecule has 0 unspecified atom stereocenters. The number of alkyl carbamates (subject to hydrolysis) is 1. The van der Waals surface area contributed by atoms with E-state index < -0.39 is 68.2 Å². The minimum Gasteiger partial charge on any atom is -0.480 e. The minimum atomic E-state index is -1.26. The molecule has 0 aromatic rings. The maximum absolute atomic E-state index is 13.0. The van der Waals surface area contributed by atoms with E-state index in [9.17, 15) is 54.3 Å². The lowest BCUT2D eigenvalue weighted by atomic mass is 9.47. The van der Waals surface area contributed by atoms with E-state index in [1.54, 1.807) is 0 Å². The van der Waals surface area contributed by atoms with Gasteiger partial charge in [-0.15, -0.1) is 0 Å². The summed E-state index contributed by atoms with van der Waals surface area (Å²) in [5, 5.41) is 50.1. The van der Waals surface area contributed by atoms with Crippen molar-refractivity contribution in [3.05, 3.63) is 11.6 Å². The third-order valence-electron chi connectivity index (χ3n) is 15.3. The number of nitrogens with one attached hydrogen (secondary N) is 1. The summed E-state index contributed by atoms with van der Waals surface area (Å²) >= 11 is 0. The number of ether oxygens (including phenoxy) is 1. The number of fused-ring (bicyclic) bond motifs is 5. The molecule has 0 aromatic carbocycles. The maximum Gasteiger partial charge on any atom is 0.407 e. The Hall–Kier alpha value is -3.76. The Balaban J connectivity index is 1.28. The Bertz CT molecular complexity index is 1520. The lowest BCUT2D eigenvalue weighted by Gasteiger charge is -2.58. The highest BCUT2D eigenvalue weighted by Crippen LogP contribution is 2.67. The van der Waals surface area contributed by atoms with Crippen LogP contribution in [0.3, 0.4) is 0 Å². The molecule has 16 nitrogen and oxygen atoms in total. The van der Waals surface area contributed by atoms with Gasteiger partial charge in [-0.1, -0.05) is 65.5 Å². The first-order valence-corrected chi connectivity index (χ1v) is 23.2. The van der Waals surface area contributed by atoms with Crippen molar-refractivity contribution in [2.24, 2.45) is 46.3 Å². The van der Waals surface area contributed by atoms with Gasteiger partial charge in [0.2, 0.25) is 0 Å². The summed E-state index contributed by atoms with van der Waals surface area (Å²) < 4.78 is 5.95. The Morgan fingerprint density at radius 2 is 1.32 bits per heavy atom. The van der Waals surface area contributed by atoms with Crippen molar-refractivity contribution in [1.29, 1.82) is 0 Å². The number of hydrogen-bond acceptors (Lipinski definition) is 10. The zero-order chi connectivity index (χ0) is 45.8. The van der Waals surface area contributed by atoms with Gasteiger partial charge in [0.1, 0.15) is 12.1 Å². The Morgan fingerprint density at radius 3 is 1.87 bits per heavy atom. The van der Waals surface area contributed by atoms with E-state index in [-0.39, 0.29) is 50.7 Å². The number of aliphatic carboxylic acids is 5. The molecule has 0 aromatic heterocycles. The van der Waals surface area contributed by atoms with Crippen LogP contribution >= 0.6 is 0 Å². The Kier molecular flexibility index (Phi) is 19.1. The van der Waals surface area contributed by atoms with Crippen molar-refractivity contribution < 1.29 is 59.0 Å². The Labute approximate surface area is 367 Å². The number of unbranched alkanes of at least 4 members (excludes halogenated alkanes) is 1. The summed E-state index contributed by atoms with van der Waals surface area (Å²) in [5.41, 5.74) is 2.00. The summed E-state index contributed by atoms with van der Waals surface area (Å²) in [6, 6.07) is -1.13. The van der Waals surface area contributed by atoms with Crippen LogP contribution in [0.1, 0.15) is 125 Å². The van der Waals surface area contributed by atoms with Crippen molar-refractivity contribution >= 4 is 35.9 Å². The van der Waals surface area contributed by atoms with Crippen molar-refractivity contribution in [2.75, 3.05) is 58.9 Å². The van der Waals surface area contributed by atoms with Gasteiger partial charge >= 0.3 is 35.9 Å². The molecule has 4 aliphatic rings. The lowest BCUT2D eigenvalue weighted by molar-refractivity contribution is -0.146. The van der Waals surface area contributed by atoms with E-state index >= 15 is 0 Å². The highest BCUT2D eigenvalue weighted by Gasteiger charge is 2.59. The van der Waals surface area contributed by atoms with E-state index in [0.717, 1.165) is 65.1 Å². The maximum atomic E-state index is 13.0. The zero-order valence-corrected chi connectivity index (χ0v) is 37.9. The molecule has 3 saturated carbocycles. The third kappa shape index (κ3) is 14.1. The lowest BCUT2D eigenvalue weighted by Crippen LogP contribution is -2.51. The average Bonchev–Trinajstić information content (AvgIpc) is 3.52. The predicted molar refractivity (Wildman–Crippen MR) is 232 cm³/mol.